The summed E-state index contributed by atoms with van der Waals surface area (Å²) in [4.78, 5) is 24.0. The predicted octanol–water partition coefficient (Wildman–Crippen LogP) is 0.914. The summed E-state index contributed by atoms with van der Waals surface area (Å²) in [5.41, 5.74) is 1.93. The topological polar surface area (TPSA) is 105 Å². The Bertz CT molecular complexity index is 1010. The fourth-order valence-electron chi connectivity index (χ4n) is 2.91. The molecule has 160 valence electrons. The lowest BCUT2D eigenvalue weighted by Crippen LogP contribution is -2.47. The zero-order chi connectivity index (χ0) is 21.7. The van der Waals surface area contributed by atoms with E-state index in [2.05, 4.69) is 10.6 Å². The van der Waals surface area contributed by atoms with Gasteiger partial charge >= 0.3 is 11.8 Å². The zero-order valence-corrected chi connectivity index (χ0v) is 17.1. The monoisotopic (exact) mass is 435 g/mol. The average Bonchev–Trinajstić information content (AvgIpc) is 3.21. The number of benzene rings is 2. The summed E-state index contributed by atoms with van der Waals surface area (Å²) in [7, 11) is -3.93. The van der Waals surface area contributed by atoms with Crippen molar-refractivity contribution in [3.8, 4) is 0 Å². The van der Waals surface area contributed by atoms with Crippen LogP contribution in [-0.4, -0.2) is 50.5 Å². The normalized spacial score (nSPS) is 16.9. The second kappa shape index (κ2) is 9.33. The Balaban J connectivity index is 1.54. The van der Waals surface area contributed by atoms with Crippen LogP contribution in [0.15, 0.2) is 53.4 Å². The van der Waals surface area contributed by atoms with Gasteiger partial charge in [0.1, 0.15) is 12.0 Å². The van der Waals surface area contributed by atoms with Gasteiger partial charge in [-0.2, -0.15) is 4.31 Å². The summed E-state index contributed by atoms with van der Waals surface area (Å²) in [6.07, 6.45) is -0.964. The van der Waals surface area contributed by atoms with Gasteiger partial charge in [-0.25, -0.2) is 12.8 Å². The maximum Gasteiger partial charge on any atom is 0.309 e. The van der Waals surface area contributed by atoms with E-state index in [1.165, 1.54) is 0 Å². The molecule has 2 aromatic rings. The van der Waals surface area contributed by atoms with Gasteiger partial charge in [0.05, 0.1) is 18.0 Å². The smallest absolute Gasteiger partial charge is 0.309 e. The van der Waals surface area contributed by atoms with Crippen LogP contribution in [0.4, 0.5) is 4.39 Å². The van der Waals surface area contributed by atoms with Crippen molar-refractivity contribution in [2.45, 2.75) is 24.6 Å². The van der Waals surface area contributed by atoms with Crippen LogP contribution in [0, 0.1) is 12.7 Å². The highest BCUT2D eigenvalue weighted by atomic mass is 32.2. The number of halogens is 1. The number of sulfonamides is 1. The van der Waals surface area contributed by atoms with Crippen LogP contribution in [0.25, 0.3) is 0 Å². The van der Waals surface area contributed by atoms with E-state index in [9.17, 15) is 22.4 Å². The van der Waals surface area contributed by atoms with Crippen molar-refractivity contribution < 1.29 is 27.1 Å². The molecule has 1 unspecified atom stereocenters. The Morgan fingerprint density at radius 2 is 1.70 bits per heavy atom. The van der Waals surface area contributed by atoms with Crippen LogP contribution in [-0.2, 0) is 30.9 Å². The Morgan fingerprint density at radius 3 is 2.37 bits per heavy atom. The molecule has 1 saturated heterocycles. The van der Waals surface area contributed by atoms with Crippen molar-refractivity contribution in [2.75, 3.05) is 19.7 Å². The first-order valence-corrected chi connectivity index (χ1v) is 10.7. The number of nitrogens with zero attached hydrogens (tertiary/aromatic N) is 1. The molecule has 3 rings (SSSR count). The van der Waals surface area contributed by atoms with Gasteiger partial charge in [0, 0.05) is 13.1 Å². The molecule has 0 aromatic heterocycles. The number of hydrogen-bond acceptors (Lipinski definition) is 5. The molecule has 8 nitrogen and oxygen atoms in total. The summed E-state index contributed by atoms with van der Waals surface area (Å²) < 4.78 is 45.1. The number of ether oxygens (including phenoxy) is 1. The molecule has 0 aliphatic carbocycles. The molecule has 0 saturated carbocycles. The molecular formula is C20H22FN3O5S. The maximum absolute atomic E-state index is 13.1. The third-order valence-corrected chi connectivity index (χ3v) is 6.48. The molecule has 30 heavy (non-hydrogen) atoms. The van der Waals surface area contributed by atoms with Crippen LogP contribution in [0.2, 0.25) is 0 Å². The van der Waals surface area contributed by atoms with E-state index in [1.54, 1.807) is 0 Å². The first-order chi connectivity index (χ1) is 14.3. The molecule has 2 N–H and O–H groups in total. The average molecular weight is 435 g/mol. The predicted molar refractivity (Wildman–Crippen MR) is 106 cm³/mol. The molecule has 1 atom stereocenters. The van der Waals surface area contributed by atoms with Crippen LogP contribution < -0.4 is 10.6 Å². The molecule has 1 aliphatic rings. The van der Waals surface area contributed by atoms with E-state index in [1.807, 2.05) is 31.2 Å². The molecule has 0 bridgehead atoms. The van der Waals surface area contributed by atoms with E-state index in [4.69, 9.17) is 4.74 Å². The van der Waals surface area contributed by atoms with E-state index < -0.39 is 33.9 Å². The number of hydrogen-bond donors (Lipinski definition) is 2. The molecule has 1 heterocycles. The summed E-state index contributed by atoms with van der Waals surface area (Å²) in [6.45, 7) is 2.16. The van der Waals surface area contributed by atoms with Gasteiger partial charge in [-0.15, -0.1) is 0 Å². The lowest BCUT2D eigenvalue weighted by atomic mass is 10.1. The largest absolute Gasteiger partial charge is 0.359 e. The minimum Gasteiger partial charge on any atom is -0.359 e. The Hall–Kier alpha value is -2.82. The van der Waals surface area contributed by atoms with Crippen LogP contribution >= 0.6 is 0 Å². The van der Waals surface area contributed by atoms with Crippen LogP contribution in [0.5, 0.6) is 0 Å². The molecular weight excluding hydrogens is 413 g/mol. The molecule has 2 aromatic carbocycles. The standard InChI is InChI=1S/C20H22FN3O5S/c1-14-2-4-15(5-3-14)12-22-19(25)20(26)23-13-18-24(10-11-29-18)30(27,28)17-8-6-16(21)7-9-17/h2-9,18H,10-13H2,1H3,(H,22,25)(H,23,26). The minimum atomic E-state index is -3.93. The molecule has 1 fully saturated rings. The number of nitrogens with one attached hydrogen (secondary N) is 2. The third-order valence-electron chi connectivity index (χ3n) is 4.58. The van der Waals surface area contributed by atoms with E-state index in [-0.39, 0.29) is 31.1 Å². The molecule has 2 amide bonds. The highest BCUT2D eigenvalue weighted by molar-refractivity contribution is 7.89. The lowest BCUT2D eigenvalue weighted by molar-refractivity contribution is -0.139. The summed E-state index contributed by atoms with van der Waals surface area (Å²) in [5.74, 6) is -2.27. The van der Waals surface area contributed by atoms with Crippen molar-refractivity contribution in [1.29, 1.82) is 0 Å². The van der Waals surface area contributed by atoms with E-state index >= 15 is 0 Å². The van der Waals surface area contributed by atoms with Crippen LogP contribution in [0.3, 0.4) is 0 Å². The van der Waals surface area contributed by atoms with Crippen molar-refractivity contribution in [2.24, 2.45) is 0 Å². The Morgan fingerprint density at radius 1 is 1.07 bits per heavy atom. The first kappa shape index (κ1) is 21.9. The van der Waals surface area contributed by atoms with Gasteiger partial charge in [-0.3, -0.25) is 9.59 Å². The van der Waals surface area contributed by atoms with Crippen LogP contribution in [0.1, 0.15) is 11.1 Å². The van der Waals surface area contributed by atoms with Gasteiger partial charge in [0.15, 0.2) is 0 Å². The molecule has 1 aliphatic heterocycles. The van der Waals surface area contributed by atoms with Crippen molar-refractivity contribution in [3.63, 3.8) is 0 Å². The maximum atomic E-state index is 13.1. The molecule has 0 radical (unpaired) electrons. The Labute approximate surface area is 174 Å². The second-order valence-corrected chi connectivity index (χ2v) is 8.66. The number of carbonyl (C=O) groups is 2. The zero-order valence-electron chi connectivity index (χ0n) is 16.3. The van der Waals surface area contributed by atoms with Gasteiger partial charge in [-0.05, 0) is 36.8 Å². The van der Waals surface area contributed by atoms with Crippen molar-refractivity contribution in [3.05, 3.63) is 65.5 Å². The summed E-state index contributed by atoms with van der Waals surface area (Å²) in [6, 6.07) is 11.9. The molecule has 10 heteroatoms. The minimum absolute atomic E-state index is 0.0819. The second-order valence-electron chi connectivity index (χ2n) is 6.77. The number of rotatable bonds is 6. The molecule has 0 spiro atoms. The quantitative estimate of drug-likeness (QED) is 0.657. The van der Waals surface area contributed by atoms with Gasteiger partial charge in [0.25, 0.3) is 0 Å². The van der Waals surface area contributed by atoms with Gasteiger partial charge in [0.2, 0.25) is 10.0 Å². The number of aryl methyl sites for hydroxylation is 1. The third kappa shape index (κ3) is 5.21. The highest BCUT2D eigenvalue weighted by Gasteiger charge is 2.36. The number of amides is 2. The fraction of sp³-hybridized carbons (Fsp3) is 0.300. The highest BCUT2D eigenvalue weighted by Crippen LogP contribution is 2.22. The lowest BCUT2D eigenvalue weighted by Gasteiger charge is -2.22. The van der Waals surface area contributed by atoms with E-state index in [0.29, 0.717) is 0 Å². The van der Waals surface area contributed by atoms with Gasteiger partial charge in [-0.1, -0.05) is 29.8 Å². The summed E-state index contributed by atoms with van der Waals surface area (Å²) in [5, 5.41) is 4.90. The fourth-order valence-corrected chi connectivity index (χ4v) is 4.42. The summed E-state index contributed by atoms with van der Waals surface area (Å²) >= 11 is 0. The van der Waals surface area contributed by atoms with Crippen molar-refractivity contribution >= 4 is 21.8 Å². The SMILES string of the molecule is Cc1ccc(CNC(=O)C(=O)NCC2OCCN2S(=O)(=O)c2ccc(F)cc2)cc1. The van der Waals surface area contributed by atoms with Gasteiger partial charge < -0.3 is 15.4 Å². The Kier molecular flexibility index (Phi) is 6.80. The van der Waals surface area contributed by atoms with Crippen molar-refractivity contribution in [1.82, 2.24) is 14.9 Å². The first-order valence-electron chi connectivity index (χ1n) is 9.28. The number of carbonyl (C=O) groups excluding carboxylic acids is 2. The van der Waals surface area contributed by atoms with E-state index in [0.717, 1.165) is 39.7 Å².